The standard InChI is InChI=1S/C10H14N2O/c1-4-10(13-3)5-8(2)9(6-11)7-12/h10H,4-5H2,1-3H3. The summed E-state index contributed by atoms with van der Waals surface area (Å²) in [7, 11) is 1.64. The van der Waals surface area contributed by atoms with Gasteiger partial charge in [0.1, 0.15) is 17.7 Å². The van der Waals surface area contributed by atoms with E-state index in [9.17, 15) is 0 Å². The molecule has 0 spiro atoms. The van der Waals surface area contributed by atoms with Crippen LogP contribution in [0.1, 0.15) is 26.7 Å². The van der Waals surface area contributed by atoms with Crippen LogP contribution in [0.25, 0.3) is 0 Å². The molecule has 0 aliphatic rings. The van der Waals surface area contributed by atoms with E-state index in [0.717, 1.165) is 12.0 Å². The van der Waals surface area contributed by atoms with E-state index in [4.69, 9.17) is 15.3 Å². The van der Waals surface area contributed by atoms with Gasteiger partial charge in [-0.2, -0.15) is 10.5 Å². The van der Waals surface area contributed by atoms with Crippen molar-refractivity contribution in [3.63, 3.8) is 0 Å². The molecule has 13 heavy (non-hydrogen) atoms. The Hall–Kier alpha value is -1.32. The van der Waals surface area contributed by atoms with Crippen molar-refractivity contribution in [2.45, 2.75) is 32.8 Å². The van der Waals surface area contributed by atoms with Gasteiger partial charge >= 0.3 is 0 Å². The Morgan fingerprint density at radius 1 is 1.38 bits per heavy atom. The number of methoxy groups -OCH3 is 1. The zero-order chi connectivity index (χ0) is 10.3. The average molecular weight is 178 g/mol. The van der Waals surface area contributed by atoms with E-state index < -0.39 is 0 Å². The summed E-state index contributed by atoms with van der Waals surface area (Å²) >= 11 is 0. The summed E-state index contributed by atoms with van der Waals surface area (Å²) in [5, 5.41) is 17.2. The Kier molecular flexibility index (Phi) is 5.59. The largest absolute Gasteiger partial charge is 0.381 e. The summed E-state index contributed by atoms with van der Waals surface area (Å²) in [6, 6.07) is 3.74. The fraction of sp³-hybridized carbons (Fsp3) is 0.600. The predicted molar refractivity (Wildman–Crippen MR) is 49.6 cm³/mol. The van der Waals surface area contributed by atoms with Crippen molar-refractivity contribution in [1.82, 2.24) is 0 Å². The van der Waals surface area contributed by atoms with Crippen LogP contribution in [0.5, 0.6) is 0 Å². The maximum Gasteiger partial charge on any atom is 0.128 e. The summed E-state index contributed by atoms with van der Waals surface area (Å²) in [6.07, 6.45) is 1.65. The van der Waals surface area contributed by atoms with Gasteiger partial charge in [0.15, 0.2) is 0 Å². The predicted octanol–water partition coefficient (Wildman–Crippen LogP) is 2.17. The number of nitrogens with zero attached hydrogens (tertiary/aromatic N) is 2. The molecule has 0 radical (unpaired) electrons. The van der Waals surface area contributed by atoms with Crippen molar-refractivity contribution in [2.24, 2.45) is 0 Å². The molecule has 0 aromatic heterocycles. The smallest absolute Gasteiger partial charge is 0.128 e. The number of allylic oxidation sites excluding steroid dienone is 1. The number of hydrogen-bond acceptors (Lipinski definition) is 3. The summed E-state index contributed by atoms with van der Waals surface area (Å²) < 4.78 is 5.16. The molecule has 70 valence electrons. The molecule has 3 heteroatoms. The van der Waals surface area contributed by atoms with Crippen molar-refractivity contribution in [1.29, 1.82) is 10.5 Å². The molecule has 1 atom stereocenters. The number of ether oxygens (including phenoxy) is 1. The second-order valence-corrected chi connectivity index (χ2v) is 2.85. The highest BCUT2D eigenvalue weighted by Crippen LogP contribution is 2.13. The second kappa shape index (κ2) is 6.22. The van der Waals surface area contributed by atoms with Gasteiger partial charge in [0.2, 0.25) is 0 Å². The topological polar surface area (TPSA) is 56.8 Å². The van der Waals surface area contributed by atoms with Gasteiger partial charge in [-0.25, -0.2) is 0 Å². The first-order chi connectivity index (χ1) is 6.19. The summed E-state index contributed by atoms with van der Waals surface area (Å²) in [6.45, 7) is 3.81. The van der Waals surface area contributed by atoms with E-state index in [1.165, 1.54) is 0 Å². The third kappa shape index (κ3) is 3.73. The Labute approximate surface area is 79.2 Å². The molecular formula is C10H14N2O. The number of nitriles is 2. The molecule has 0 fully saturated rings. The molecule has 0 rings (SSSR count). The van der Waals surface area contributed by atoms with Crippen molar-refractivity contribution >= 4 is 0 Å². The molecule has 0 bridgehead atoms. The number of hydrogen-bond donors (Lipinski definition) is 0. The van der Waals surface area contributed by atoms with Crippen molar-refractivity contribution in [3.05, 3.63) is 11.1 Å². The fourth-order valence-electron chi connectivity index (χ4n) is 1.05. The molecular weight excluding hydrogens is 164 g/mol. The molecule has 0 aromatic carbocycles. The fourth-order valence-corrected chi connectivity index (χ4v) is 1.05. The highest BCUT2D eigenvalue weighted by molar-refractivity contribution is 5.39. The first-order valence-electron chi connectivity index (χ1n) is 4.22. The minimum Gasteiger partial charge on any atom is -0.381 e. The van der Waals surface area contributed by atoms with E-state index in [2.05, 4.69) is 0 Å². The van der Waals surface area contributed by atoms with Gasteiger partial charge in [0.25, 0.3) is 0 Å². The molecule has 0 heterocycles. The van der Waals surface area contributed by atoms with Crippen molar-refractivity contribution in [2.75, 3.05) is 7.11 Å². The highest BCUT2D eigenvalue weighted by Gasteiger charge is 2.08. The van der Waals surface area contributed by atoms with Gasteiger partial charge in [-0.3, -0.25) is 0 Å². The molecule has 1 unspecified atom stereocenters. The normalized spacial score (nSPS) is 11.2. The lowest BCUT2D eigenvalue weighted by Crippen LogP contribution is -2.09. The lowest BCUT2D eigenvalue weighted by Gasteiger charge is -2.12. The highest BCUT2D eigenvalue weighted by atomic mass is 16.5. The molecule has 0 aliphatic carbocycles. The van der Waals surface area contributed by atoms with Crippen LogP contribution in [0.2, 0.25) is 0 Å². The second-order valence-electron chi connectivity index (χ2n) is 2.85. The Morgan fingerprint density at radius 2 is 1.92 bits per heavy atom. The minimum absolute atomic E-state index is 0.108. The average Bonchev–Trinajstić information content (AvgIpc) is 2.16. The third-order valence-corrected chi connectivity index (χ3v) is 1.97. The Bertz CT molecular complexity index is 248. The van der Waals surface area contributed by atoms with Crippen LogP contribution in [0, 0.1) is 22.7 Å². The van der Waals surface area contributed by atoms with Crippen LogP contribution in [0.15, 0.2) is 11.1 Å². The molecule has 0 saturated carbocycles. The number of rotatable bonds is 4. The van der Waals surface area contributed by atoms with Crippen LogP contribution in [0.3, 0.4) is 0 Å². The van der Waals surface area contributed by atoms with E-state index in [1.807, 2.05) is 19.1 Å². The molecule has 0 aromatic rings. The quantitative estimate of drug-likeness (QED) is 0.620. The van der Waals surface area contributed by atoms with Gasteiger partial charge in [-0.15, -0.1) is 0 Å². The maximum atomic E-state index is 8.58. The first kappa shape index (κ1) is 11.7. The third-order valence-electron chi connectivity index (χ3n) is 1.97. The van der Waals surface area contributed by atoms with Crippen molar-refractivity contribution in [3.8, 4) is 12.1 Å². The van der Waals surface area contributed by atoms with Crippen LogP contribution in [-0.4, -0.2) is 13.2 Å². The van der Waals surface area contributed by atoms with Crippen LogP contribution < -0.4 is 0 Å². The van der Waals surface area contributed by atoms with Gasteiger partial charge in [-0.05, 0) is 25.3 Å². The zero-order valence-electron chi connectivity index (χ0n) is 8.29. The Balaban J connectivity index is 4.46. The molecule has 0 aliphatic heterocycles. The van der Waals surface area contributed by atoms with Gasteiger partial charge in [0, 0.05) is 7.11 Å². The zero-order valence-corrected chi connectivity index (χ0v) is 8.29. The van der Waals surface area contributed by atoms with Crippen LogP contribution in [-0.2, 0) is 4.74 Å². The molecule has 0 amide bonds. The van der Waals surface area contributed by atoms with E-state index in [-0.39, 0.29) is 11.7 Å². The summed E-state index contributed by atoms with van der Waals surface area (Å²) in [5.41, 5.74) is 1.01. The van der Waals surface area contributed by atoms with Gasteiger partial charge in [-0.1, -0.05) is 6.92 Å². The molecule has 0 N–H and O–H groups in total. The molecule has 0 saturated heterocycles. The summed E-state index contributed by atoms with van der Waals surface area (Å²) in [4.78, 5) is 0. The lowest BCUT2D eigenvalue weighted by molar-refractivity contribution is 0.0997. The first-order valence-corrected chi connectivity index (χ1v) is 4.22. The molecule has 3 nitrogen and oxygen atoms in total. The monoisotopic (exact) mass is 178 g/mol. The minimum atomic E-state index is 0.108. The van der Waals surface area contributed by atoms with Crippen LogP contribution >= 0.6 is 0 Å². The SMILES string of the molecule is CCC(CC(C)=C(C#N)C#N)OC. The van der Waals surface area contributed by atoms with E-state index >= 15 is 0 Å². The van der Waals surface area contributed by atoms with Crippen molar-refractivity contribution < 1.29 is 4.74 Å². The lowest BCUT2D eigenvalue weighted by atomic mass is 10.0. The summed E-state index contributed by atoms with van der Waals surface area (Å²) in [5.74, 6) is 0. The van der Waals surface area contributed by atoms with Gasteiger partial charge < -0.3 is 4.74 Å². The Morgan fingerprint density at radius 3 is 2.23 bits per heavy atom. The van der Waals surface area contributed by atoms with Gasteiger partial charge in [0.05, 0.1) is 6.10 Å². The maximum absolute atomic E-state index is 8.58. The van der Waals surface area contributed by atoms with E-state index in [0.29, 0.717) is 6.42 Å². The van der Waals surface area contributed by atoms with E-state index in [1.54, 1.807) is 14.0 Å². The van der Waals surface area contributed by atoms with Crippen LogP contribution in [0.4, 0.5) is 0 Å².